The molecule has 2 rings (SSSR count). The highest BCUT2D eigenvalue weighted by molar-refractivity contribution is 9.10. The first-order valence-electron chi connectivity index (χ1n) is 6.97. The maximum atomic E-state index is 12.4. The van der Waals surface area contributed by atoms with Crippen molar-refractivity contribution in [1.29, 1.82) is 0 Å². The van der Waals surface area contributed by atoms with Crippen molar-refractivity contribution >= 4 is 39.6 Å². The number of carbonyl (C=O) groups excluding carboxylic acids is 1. The zero-order valence-corrected chi connectivity index (χ0v) is 14.2. The van der Waals surface area contributed by atoms with Crippen LogP contribution in [0.5, 0.6) is 0 Å². The highest BCUT2D eigenvalue weighted by Crippen LogP contribution is 2.29. The monoisotopic (exact) mass is 371 g/mol. The standard InChI is InChI=1S/C15H18BrNO3S/c1-10(14(18)17-7-3-2-4-8-17)21-11-5-6-13(16)12(9-11)15(19)20/h5-6,9-10H,2-4,7-8H2,1H3,(H,19,20). The summed E-state index contributed by atoms with van der Waals surface area (Å²) in [6.07, 6.45) is 3.34. The van der Waals surface area contributed by atoms with Gasteiger partial charge in [-0.05, 0) is 60.3 Å². The smallest absolute Gasteiger partial charge is 0.336 e. The van der Waals surface area contributed by atoms with Crippen molar-refractivity contribution in [2.45, 2.75) is 36.3 Å². The van der Waals surface area contributed by atoms with E-state index in [0.717, 1.165) is 30.8 Å². The molecule has 0 aromatic heterocycles. The number of piperidine rings is 1. The molecule has 0 aliphatic carbocycles. The molecular formula is C15H18BrNO3S. The van der Waals surface area contributed by atoms with E-state index in [4.69, 9.17) is 5.11 Å². The number of aromatic carboxylic acids is 1. The Labute approximate surface area is 137 Å². The Bertz CT molecular complexity index is 544. The van der Waals surface area contributed by atoms with E-state index in [1.807, 2.05) is 17.9 Å². The average Bonchev–Trinajstić information content (AvgIpc) is 2.49. The minimum Gasteiger partial charge on any atom is -0.478 e. The van der Waals surface area contributed by atoms with Crippen LogP contribution < -0.4 is 0 Å². The van der Waals surface area contributed by atoms with E-state index in [2.05, 4.69) is 15.9 Å². The van der Waals surface area contributed by atoms with E-state index in [0.29, 0.717) is 4.47 Å². The van der Waals surface area contributed by atoms with E-state index < -0.39 is 5.97 Å². The van der Waals surface area contributed by atoms with Gasteiger partial charge in [0.15, 0.2) is 0 Å². The third-order valence-corrected chi connectivity index (χ3v) is 5.27. The number of benzene rings is 1. The van der Waals surface area contributed by atoms with E-state index in [1.54, 1.807) is 12.1 Å². The lowest BCUT2D eigenvalue weighted by molar-refractivity contribution is -0.131. The Hall–Kier alpha value is -1.01. The van der Waals surface area contributed by atoms with Gasteiger partial charge in [-0.1, -0.05) is 0 Å². The maximum Gasteiger partial charge on any atom is 0.336 e. The molecule has 1 aliphatic heterocycles. The molecule has 0 radical (unpaired) electrons. The zero-order valence-electron chi connectivity index (χ0n) is 11.8. The number of amides is 1. The van der Waals surface area contributed by atoms with Gasteiger partial charge in [-0.2, -0.15) is 0 Å². The molecule has 1 aromatic carbocycles. The number of likely N-dealkylation sites (tertiary alicyclic amines) is 1. The molecule has 1 heterocycles. The third-order valence-electron chi connectivity index (χ3n) is 3.50. The van der Waals surface area contributed by atoms with E-state index >= 15 is 0 Å². The summed E-state index contributed by atoms with van der Waals surface area (Å²) >= 11 is 4.63. The summed E-state index contributed by atoms with van der Waals surface area (Å²) in [5.74, 6) is -0.834. The van der Waals surface area contributed by atoms with Crippen LogP contribution in [0.1, 0.15) is 36.5 Å². The topological polar surface area (TPSA) is 57.6 Å². The number of hydrogen-bond acceptors (Lipinski definition) is 3. The molecule has 0 bridgehead atoms. The SMILES string of the molecule is CC(Sc1ccc(Br)c(C(=O)O)c1)C(=O)N1CCCCC1. The van der Waals surface area contributed by atoms with Gasteiger partial charge in [0.25, 0.3) is 0 Å². The van der Waals surface area contributed by atoms with Crippen molar-refractivity contribution in [2.75, 3.05) is 13.1 Å². The fraction of sp³-hybridized carbons (Fsp3) is 0.467. The van der Waals surface area contributed by atoms with Crippen molar-refractivity contribution in [3.8, 4) is 0 Å². The molecule has 1 atom stereocenters. The van der Waals surface area contributed by atoms with Crippen LogP contribution in [-0.4, -0.2) is 40.2 Å². The summed E-state index contributed by atoms with van der Waals surface area (Å²) in [6.45, 7) is 3.55. The Morgan fingerprint density at radius 1 is 1.29 bits per heavy atom. The van der Waals surface area contributed by atoms with Gasteiger partial charge in [0.2, 0.25) is 5.91 Å². The summed E-state index contributed by atoms with van der Waals surface area (Å²) in [5.41, 5.74) is 0.220. The first-order valence-corrected chi connectivity index (χ1v) is 8.64. The number of nitrogens with zero attached hydrogens (tertiary/aromatic N) is 1. The molecule has 1 N–H and O–H groups in total. The lowest BCUT2D eigenvalue weighted by Crippen LogP contribution is -2.40. The van der Waals surface area contributed by atoms with Crippen LogP contribution in [0.4, 0.5) is 0 Å². The van der Waals surface area contributed by atoms with Crippen LogP contribution >= 0.6 is 27.7 Å². The van der Waals surface area contributed by atoms with Crippen molar-refractivity contribution in [3.05, 3.63) is 28.2 Å². The molecular weight excluding hydrogens is 354 g/mol. The Balaban J connectivity index is 2.05. The molecule has 1 aliphatic rings. The van der Waals surface area contributed by atoms with Crippen molar-refractivity contribution in [2.24, 2.45) is 0 Å². The van der Waals surface area contributed by atoms with Crippen LogP contribution in [0.15, 0.2) is 27.6 Å². The second-order valence-electron chi connectivity index (χ2n) is 5.09. The molecule has 1 amide bonds. The highest BCUT2D eigenvalue weighted by Gasteiger charge is 2.23. The largest absolute Gasteiger partial charge is 0.478 e. The molecule has 4 nitrogen and oxygen atoms in total. The zero-order chi connectivity index (χ0) is 15.4. The van der Waals surface area contributed by atoms with Gasteiger partial charge < -0.3 is 10.0 Å². The van der Waals surface area contributed by atoms with E-state index in [9.17, 15) is 9.59 Å². The Morgan fingerprint density at radius 3 is 2.57 bits per heavy atom. The lowest BCUT2D eigenvalue weighted by atomic mass is 10.1. The number of rotatable bonds is 4. The summed E-state index contributed by atoms with van der Waals surface area (Å²) in [4.78, 5) is 26.2. The molecule has 114 valence electrons. The second-order valence-corrected chi connectivity index (χ2v) is 7.36. The predicted molar refractivity (Wildman–Crippen MR) is 86.9 cm³/mol. The first kappa shape index (κ1) is 16.4. The number of carboxylic acid groups (broad SMARTS) is 1. The summed E-state index contributed by atoms with van der Waals surface area (Å²) in [5, 5.41) is 8.92. The Morgan fingerprint density at radius 2 is 1.95 bits per heavy atom. The lowest BCUT2D eigenvalue weighted by Gasteiger charge is -2.29. The molecule has 21 heavy (non-hydrogen) atoms. The highest BCUT2D eigenvalue weighted by atomic mass is 79.9. The normalized spacial score (nSPS) is 16.6. The van der Waals surface area contributed by atoms with Gasteiger partial charge in [0, 0.05) is 22.5 Å². The number of carbonyl (C=O) groups is 2. The van der Waals surface area contributed by atoms with Crippen LogP contribution in [0.3, 0.4) is 0 Å². The van der Waals surface area contributed by atoms with Gasteiger partial charge in [0.05, 0.1) is 10.8 Å². The maximum absolute atomic E-state index is 12.4. The predicted octanol–water partition coefficient (Wildman–Crippen LogP) is 3.64. The van der Waals surface area contributed by atoms with Crippen molar-refractivity contribution in [1.82, 2.24) is 4.90 Å². The first-order chi connectivity index (χ1) is 9.99. The van der Waals surface area contributed by atoms with Crippen LogP contribution in [-0.2, 0) is 4.79 Å². The Kier molecular flexibility index (Phi) is 5.70. The minimum atomic E-state index is -0.973. The number of halogens is 1. The van der Waals surface area contributed by atoms with Gasteiger partial charge in [-0.15, -0.1) is 11.8 Å². The fourth-order valence-electron chi connectivity index (χ4n) is 2.37. The molecule has 0 saturated carbocycles. The summed E-state index contributed by atoms with van der Waals surface area (Å²) in [6, 6.07) is 5.15. The molecule has 1 aromatic rings. The van der Waals surface area contributed by atoms with Gasteiger partial charge >= 0.3 is 5.97 Å². The summed E-state index contributed by atoms with van der Waals surface area (Å²) < 4.78 is 0.550. The molecule has 1 unspecified atom stereocenters. The van der Waals surface area contributed by atoms with Crippen molar-refractivity contribution < 1.29 is 14.7 Å². The molecule has 6 heteroatoms. The fourth-order valence-corrected chi connectivity index (χ4v) is 3.77. The summed E-state index contributed by atoms with van der Waals surface area (Å²) in [7, 11) is 0. The second kappa shape index (κ2) is 7.31. The third kappa shape index (κ3) is 4.23. The van der Waals surface area contributed by atoms with E-state index in [1.165, 1.54) is 18.2 Å². The molecule has 1 fully saturated rings. The molecule has 1 saturated heterocycles. The average molecular weight is 372 g/mol. The number of carboxylic acids is 1. The van der Waals surface area contributed by atoms with Gasteiger partial charge in [0.1, 0.15) is 0 Å². The number of hydrogen-bond donors (Lipinski definition) is 1. The van der Waals surface area contributed by atoms with Crippen LogP contribution in [0, 0.1) is 0 Å². The quantitative estimate of drug-likeness (QED) is 0.820. The van der Waals surface area contributed by atoms with Gasteiger partial charge in [-0.3, -0.25) is 4.79 Å². The van der Waals surface area contributed by atoms with E-state index in [-0.39, 0.29) is 16.7 Å². The van der Waals surface area contributed by atoms with Gasteiger partial charge in [-0.25, -0.2) is 4.79 Å². The van der Waals surface area contributed by atoms with Crippen LogP contribution in [0.25, 0.3) is 0 Å². The minimum absolute atomic E-state index is 0.138. The van der Waals surface area contributed by atoms with Crippen LogP contribution in [0.2, 0.25) is 0 Å². The van der Waals surface area contributed by atoms with Crippen molar-refractivity contribution in [3.63, 3.8) is 0 Å². The molecule has 0 spiro atoms. The number of thioether (sulfide) groups is 1.